The van der Waals surface area contributed by atoms with E-state index in [0.29, 0.717) is 6.04 Å². The van der Waals surface area contributed by atoms with E-state index in [9.17, 15) is 0 Å². The van der Waals surface area contributed by atoms with Crippen molar-refractivity contribution < 1.29 is 4.74 Å². The van der Waals surface area contributed by atoms with Gasteiger partial charge in [-0.1, -0.05) is 37.6 Å². The number of rotatable bonds is 9. The lowest BCUT2D eigenvalue weighted by atomic mass is 9.97. The molecule has 0 fully saturated rings. The molecule has 0 saturated heterocycles. The lowest BCUT2D eigenvalue weighted by Gasteiger charge is -2.21. The smallest absolute Gasteiger partial charge is 0.0484 e. The third kappa shape index (κ3) is 5.75. The Hall–Kier alpha value is -0.860. The normalized spacial score (nSPS) is 12.6. The lowest BCUT2D eigenvalue weighted by molar-refractivity contribution is 0.124. The van der Waals surface area contributed by atoms with Crippen LogP contribution >= 0.6 is 0 Å². The zero-order valence-corrected chi connectivity index (χ0v) is 13.0. The van der Waals surface area contributed by atoms with Crippen molar-refractivity contribution in [2.75, 3.05) is 19.8 Å². The van der Waals surface area contributed by atoms with E-state index in [0.717, 1.165) is 39.0 Å². The van der Waals surface area contributed by atoms with Gasteiger partial charge in [0.2, 0.25) is 0 Å². The molecule has 0 aromatic heterocycles. The van der Waals surface area contributed by atoms with E-state index < -0.39 is 0 Å². The highest BCUT2D eigenvalue weighted by atomic mass is 16.5. The van der Waals surface area contributed by atoms with Crippen LogP contribution in [0.3, 0.4) is 0 Å². The first-order valence-electron chi connectivity index (χ1n) is 7.57. The highest BCUT2D eigenvalue weighted by Crippen LogP contribution is 2.22. The van der Waals surface area contributed by atoms with Crippen molar-refractivity contribution >= 4 is 0 Å². The van der Waals surface area contributed by atoms with Crippen molar-refractivity contribution in [2.45, 2.75) is 53.0 Å². The molecule has 0 amide bonds. The van der Waals surface area contributed by atoms with Crippen molar-refractivity contribution in [3.63, 3.8) is 0 Å². The fraction of sp³-hybridized carbons (Fsp3) is 0.647. The molecule has 0 bridgehead atoms. The fourth-order valence-electron chi connectivity index (χ4n) is 2.27. The van der Waals surface area contributed by atoms with Gasteiger partial charge in [0, 0.05) is 19.3 Å². The van der Waals surface area contributed by atoms with Crippen molar-refractivity contribution in [1.29, 1.82) is 0 Å². The molecule has 19 heavy (non-hydrogen) atoms. The molecular formula is C17H29NO. The lowest BCUT2D eigenvalue weighted by Crippen LogP contribution is -2.24. The van der Waals surface area contributed by atoms with Crippen LogP contribution in [0.25, 0.3) is 0 Å². The monoisotopic (exact) mass is 263 g/mol. The molecule has 1 atom stereocenters. The molecule has 1 N–H and O–H groups in total. The van der Waals surface area contributed by atoms with Crippen LogP contribution in [-0.4, -0.2) is 19.8 Å². The van der Waals surface area contributed by atoms with E-state index >= 15 is 0 Å². The number of benzene rings is 1. The van der Waals surface area contributed by atoms with Gasteiger partial charge in [0.05, 0.1) is 0 Å². The van der Waals surface area contributed by atoms with E-state index in [1.165, 1.54) is 16.7 Å². The standard InChI is InChI=1S/C17H29NO/c1-5-10-18-17(9-12-19-11-6-2)16-13-14(3)7-8-15(16)4/h7-8,13,17-18H,5-6,9-12H2,1-4H3. The van der Waals surface area contributed by atoms with Gasteiger partial charge in [0.15, 0.2) is 0 Å². The number of hydrogen-bond donors (Lipinski definition) is 1. The molecule has 1 rings (SSSR count). The van der Waals surface area contributed by atoms with E-state index in [-0.39, 0.29) is 0 Å². The predicted molar refractivity (Wildman–Crippen MR) is 82.7 cm³/mol. The Morgan fingerprint density at radius 1 is 1.11 bits per heavy atom. The minimum atomic E-state index is 0.414. The van der Waals surface area contributed by atoms with Gasteiger partial charge < -0.3 is 10.1 Å². The molecule has 1 aromatic rings. The minimum absolute atomic E-state index is 0.414. The predicted octanol–water partition coefficient (Wildman–Crippen LogP) is 4.16. The Morgan fingerprint density at radius 3 is 2.58 bits per heavy atom. The maximum Gasteiger partial charge on any atom is 0.0484 e. The highest BCUT2D eigenvalue weighted by molar-refractivity contribution is 5.33. The molecule has 0 aliphatic carbocycles. The van der Waals surface area contributed by atoms with Gasteiger partial charge in [-0.2, -0.15) is 0 Å². The van der Waals surface area contributed by atoms with Gasteiger partial charge in [-0.25, -0.2) is 0 Å². The maximum absolute atomic E-state index is 5.64. The fourth-order valence-corrected chi connectivity index (χ4v) is 2.27. The van der Waals surface area contributed by atoms with Crippen molar-refractivity contribution in [2.24, 2.45) is 0 Å². The van der Waals surface area contributed by atoms with Crippen LogP contribution in [0.15, 0.2) is 18.2 Å². The Morgan fingerprint density at radius 2 is 1.89 bits per heavy atom. The van der Waals surface area contributed by atoms with Gasteiger partial charge in [-0.05, 0) is 50.8 Å². The van der Waals surface area contributed by atoms with E-state index in [1.54, 1.807) is 0 Å². The summed E-state index contributed by atoms with van der Waals surface area (Å²) in [5.74, 6) is 0. The summed E-state index contributed by atoms with van der Waals surface area (Å²) < 4.78 is 5.64. The molecular weight excluding hydrogens is 234 g/mol. The van der Waals surface area contributed by atoms with Crippen LogP contribution in [-0.2, 0) is 4.74 Å². The Kier molecular flexibility index (Phi) is 7.76. The summed E-state index contributed by atoms with van der Waals surface area (Å²) in [5, 5.41) is 3.65. The first kappa shape index (κ1) is 16.2. The zero-order chi connectivity index (χ0) is 14.1. The summed E-state index contributed by atoms with van der Waals surface area (Å²) in [6.07, 6.45) is 3.30. The average molecular weight is 263 g/mol. The van der Waals surface area contributed by atoms with Gasteiger partial charge in [-0.3, -0.25) is 0 Å². The largest absolute Gasteiger partial charge is 0.381 e. The molecule has 0 heterocycles. The number of nitrogens with one attached hydrogen (secondary N) is 1. The van der Waals surface area contributed by atoms with Crippen LogP contribution in [0.2, 0.25) is 0 Å². The molecule has 108 valence electrons. The minimum Gasteiger partial charge on any atom is -0.381 e. The van der Waals surface area contributed by atoms with Crippen molar-refractivity contribution in [3.8, 4) is 0 Å². The second-order valence-electron chi connectivity index (χ2n) is 5.27. The molecule has 0 spiro atoms. The third-order valence-corrected chi connectivity index (χ3v) is 3.35. The van der Waals surface area contributed by atoms with Gasteiger partial charge in [0.1, 0.15) is 0 Å². The molecule has 0 aliphatic heterocycles. The zero-order valence-electron chi connectivity index (χ0n) is 13.0. The van der Waals surface area contributed by atoms with Crippen molar-refractivity contribution in [3.05, 3.63) is 34.9 Å². The van der Waals surface area contributed by atoms with E-state index in [1.807, 2.05) is 0 Å². The SMILES string of the molecule is CCCNC(CCOCCC)c1cc(C)ccc1C. The second kappa shape index (κ2) is 9.11. The van der Waals surface area contributed by atoms with Crippen LogP contribution in [0.5, 0.6) is 0 Å². The van der Waals surface area contributed by atoms with Crippen molar-refractivity contribution in [1.82, 2.24) is 5.32 Å². The molecule has 2 nitrogen and oxygen atoms in total. The molecule has 2 heteroatoms. The summed E-state index contributed by atoms with van der Waals surface area (Å²) >= 11 is 0. The van der Waals surface area contributed by atoms with E-state index in [2.05, 4.69) is 51.2 Å². The second-order valence-corrected chi connectivity index (χ2v) is 5.27. The Labute approximate surface area is 118 Å². The number of ether oxygens (including phenoxy) is 1. The summed E-state index contributed by atoms with van der Waals surface area (Å²) in [4.78, 5) is 0. The highest BCUT2D eigenvalue weighted by Gasteiger charge is 2.13. The maximum atomic E-state index is 5.64. The summed E-state index contributed by atoms with van der Waals surface area (Å²) in [6.45, 7) is 11.5. The first-order valence-corrected chi connectivity index (χ1v) is 7.57. The molecule has 0 saturated carbocycles. The summed E-state index contributed by atoms with van der Waals surface area (Å²) in [7, 11) is 0. The van der Waals surface area contributed by atoms with Gasteiger partial charge >= 0.3 is 0 Å². The van der Waals surface area contributed by atoms with Gasteiger partial charge in [0.25, 0.3) is 0 Å². The summed E-state index contributed by atoms with van der Waals surface area (Å²) in [6, 6.07) is 7.13. The van der Waals surface area contributed by atoms with E-state index in [4.69, 9.17) is 4.74 Å². The van der Waals surface area contributed by atoms with Crippen LogP contribution in [0.1, 0.15) is 55.8 Å². The number of aryl methyl sites for hydroxylation is 2. The molecule has 1 aromatic carbocycles. The third-order valence-electron chi connectivity index (χ3n) is 3.35. The van der Waals surface area contributed by atoms with Crippen LogP contribution in [0, 0.1) is 13.8 Å². The van der Waals surface area contributed by atoms with Crippen LogP contribution in [0.4, 0.5) is 0 Å². The average Bonchev–Trinajstić information content (AvgIpc) is 2.41. The molecule has 1 unspecified atom stereocenters. The quantitative estimate of drug-likeness (QED) is 0.675. The number of hydrogen-bond acceptors (Lipinski definition) is 2. The Bertz CT molecular complexity index is 362. The van der Waals surface area contributed by atoms with Gasteiger partial charge in [-0.15, -0.1) is 0 Å². The van der Waals surface area contributed by atoms with Crippen LogP contribution < -0.4 is 5.32 Å². The molecule has 0 aliphatic rings. The Balaban J connectivity index is 2.68. The topological polar surface area (TPSA) is 21.3 Å². The molecule has 0 radical (unpaired) electrons. The summed E-state index contributed by atoms with van der Waals surface area (Å²) in [5.41, 5.74) is 4.13. The first-order chi connectivity index (χ1) is 9.19.